The number of amides is 2. The average molecular weight is 295 g/mol. The molecular weight excluding hydrogens is 274 g/mol. The van der Waals surface area contributed by atoms with Gasteiger partial charge in [0.05, 0.1) is 0 Å². The number of aromatic nitrogens is 1. The van der Waals surface area contributed by atoms with Crippen molar-refractivity contribution < 1.29 is 4.79 Å². The van der Waals surface area contributed by atoms with E-state index in [2.05, 4.69) is 28.6 Å². The second-order valence-corrected chi connectivity index (χ2v) is 6.01. The number of pyridine rings is 1. The number of urea groups is 1. The first-order valence-electron chi connectivity index (χ1n) is 7.68. The largest absolute Gasteiger partial charge is 0.334 e. The standard InChI is InChI=1S/C18H21N3O/c1-12-3-6-17(7-13(12)2)21-18(22)20-10-14-8-16(11-19-9-14)15-4-5-15/h3,6-9,11,15H,4-5,10H2,1-2H3,(H2,20,21,22). The molecule has 2 aromatic rings. The maximum atomic E-state index is 12.0. The summed E-state index contributed by atoms with van der Waals surface area (Å²) >= 11 is 0. The Morgan fingerprint density at radius 2 is 2.00 bits per heavy atom. The van der Waals surface area contributed by atoms with Crippen molar-refractivity contribution in [2.45, 2.75) is 39.2 Å². The Labute approximate surface area is 131 Å². The summed E-state index contributed by atoms with van der Waals surface area (Å²) in [4.78, 5) is 16.2. The van der Waals surface area contributed by atoms with E-state index < -0.39 is 0 Å². The molecule has 1 heterocycles. The van der Waals surface area contributed by atoms with Gasteiger partial charge in [0.25, 0.3) is 0 Å². The molecule has 114 valence electrons. The van der Waals surface area contributed by atoms with E-state index >= 15 is 0 Å². The molecule has 4 heteroatoms. The molecule has 0 aliphatic heterocycles. The van der Waals surface area contributed by atoms with E-state index in [4.69, 9.17) is 0 Å². The highest BCUT2D eigenvalue weighted by Crippen LogP contribution is 2.39. The number of aryl methyl sites for hydroxylation is 2. The van der Waals surface area contributed by atoms with Gasteiger partial charge < -0.3 is 10.6 Å². The Balaban J connectivity index is 1.55. The molecule has 1 aliphatic rings. The summed E-state index contributed by atoms with van der Waals surface area (Å²) < 4.78 is 0. The lowest BCUT2D eigenvalue weighted by molar-refractivity contribution is 0.251. The fourth-order valence-corrected chi connectivity index (χ4v) is 2.42. The quantitative estimate of drug-likeness (QED) is 0.899. The van der Waals surface area contributed by atoms with Crippen LogP contribution in [-0.4, -0.2) is 11.0 Å². The summed E-state index contributed by atoms with van der Waals surface area (Å²) in [5, 5.41) is 5.74. The first-order chi connectivity index (χ1) is 10.6. The molecule has 0 atom stereocenters. The van der Waals surface area contributed by atoms with Crippen LogP contribution in [-0.2, 0) is 6.54 Å². The molecule has 1 aromatic carbocycles. The maximum absolute atomic E-state index is 12.0. The Bertz CT molecular complexity index is 692. The molecule has 2 N–H and O–H groups in total. The van der Waals surface area contributed by atoms with Crippen LogP contribution >= 0.6 is 0 Å². The summed E-state index contributed by atoms with van der Waals surface area (Å²) in [6, 6.07) is 7.84. The van der Waals surface area contributed by atoms with Crippen molar-refractivity contribution in [3.05, 3.63) is 58.9 Å². The normalized spacial score (nSPS) is 13.7. The number of nitrogens with zero attached hydrogens (tertiary/aromatic N) is 1. The highest BCUT2D eigenvalue weighted by molar-refractivity contribution is 5.89. The van der Waals surface area contributed by atoms with Crippen molar-refractivity contribution in [2.24, 2.45) is 0 Å². The van der Waals surface area contributed by atoms with Crippen LogP contribution in [0.1, 0.15) is 41.0 Å². The van der Waals surface area contributed by atoms with Crippen LogP contribution in [0, 0.1) is 13.8 Å². The first kappa shape index (κ1) is 14.6. The molecule has 0 unspecified atom stereocenters. The number of nitrogens with one attached hydrogen (secondary N) is 2. The molecular formula is C18H21N3O. The Morgan fingerprint density at radius 1 is 1.18 bits per heavy atom. The zero-order chi connectivity index (χ0) is 15.5. The molecule has 1 aliphatic carbocycles. The van der Waals surface area contributed by atoms with Gasteiger partial charge in [0.1, 0.15) is 0 Å². The highest BCUT2D eigenvalue weighted by Gasteiger charge is 2.23. The fourth-order valence-electron chi connectivity index (χ4n) is 2.42. The zero-order valence-electron chi connectivity index (χ0n) is 13.0. The molecule has 0 saturated heterocycles. The lowest BCUT2D eigenvalue weighted by Gasteiger charge is -2.10. The van der Waals surface area contributed by atoms with Crippen LogP contribution in [0.25, 0.3) is 0 Å². The van der Waals surface area contributed by atoms with Crippen molar-refractivity contribution in [1.29, 1.82) is 0 Å². The molecule has 4 nitrogen and oxygen atoms in total. The van der Waals surface area contributed by atoms with Gasteiger partial charge >= 0.3 is 6.03 Å². The first-order valence-corrected chi connectivity index (χ1v) is 7.68. The number of carbonyl (C=O) groups is 1. The van der Waals surface area contributed by atoms with Gasteiger partial charge in [-0.3, -0.25) is 4.98 Å². The van der Waals surface area contributed by atoms with E-state index in [0.717, 1.165) is 11.3 Å². The predicted octanol–water partition coefficient (Wildman–Crippen LogP) is 3.90. The lowest BCUT2D eigenvalue weighted by Crippen LogP contribution is -2.28. The molecule has 0 radical (unpaired) electrons. The van der Waals surface area contributed by atoms with Gasteiger partial charge in [0.2, 0.25) is 0 Å². The predicted molar refractivity (Wildman–Crippen MR) is 88.0 cm³/mol. The molecule has 0 spiro atoms. The van der Waals surface area contributed by atoms with Crippen LogP contribution < -0.4 is 10.6 Å². The number of anilines is 1. The van der Waals surface area contributed by atoms with Crippen molar-refractivity contribution in [2.75, 3.05) is 5.32 Å². The van der Waals surface area contributed by atoms with E-state index in [1.165, 1.54) is 29.5 Å². The third kappa shape index (κ3) is 3.64. The number of hydrogen-bond acceptors (Lipinski definition) is 2. The summed E-state index contributed by atoms with van der Waals surface area (Å²) in [5.41, 5.74) is 5.52. The number of rotatable bonds is 4. The summed E-state index contributed by atoms with van der Waals surface area (Å²) in [6.45, 7) is 4.58. The van der Waals surface area contributed by atoms with E-state index in [1.54, 1.807) is 0 Å². The van der Waals surface area contributed by atoms with Gasteiger partial charge in [-0.1, -0.05) is 12.1 Å². The minimum atomic E-state index is -0.194. The van der Waals surface area contributed by atoms with Gasteiger partial charge in [-0.2, -0.15) is 0 Å². The zero-order valence-corrected chi connectivity index (χ0v) is 13.0. The number of hydrogen-bond donors (Lipinski definition) is 2. The molecule has 0 bridgehead atoms. The molecule has 3 rings (SSSR count). The highest BCUT2D eigenvalue weighted by atomic mass is 16.2. The summed E-state index contributed by atoms with van der Waals surface area (Å²) in [7, 11) is 0. The van der Waals surface area contributed by atoms with Gasteiger partial charge in [0.15, 0.2) is 0 Å². The summed E-state index contributed by atoms with van der Waals surface area (Å²) in [5.74, 6) is 0.678. The van der Waals surface area contributed by atoms with Crippen LogP contribution in [0.4, 0.5) is 10.5 Å². The number of carbonyl (C=O) groups excluding carboxylic acids is 1. The second kappa shape index (κ2) is 6.18. The molecule has 2 amide bonds. The monoisotopic (exact) mass is 295 g/mol. The third-order valence-electron chi connectivity index (χ3n) is 4.08. The average Bonchev–Trinajstić information content (AvgIpc) is 3.34. The van der Waals surface area contributed by atoms with Crippen LogP contribution in [0.2, 0.25) is 0 Å². The smallest absolute Gasteiger partial charge is 0.319 e. The topological polar surface area (TPSA) is 54.0 Å². The van der Waals surface area contributed by atoms with Crippen molar-refractivity contribution in [1.82, 2.24) is 10.3 Å². The third-order valence-corrected chi connectivity index (χ3v) is 4.08. The van der Waals surface area contributed by atoms with Crippen LogP contribution in [0.15, 0.2) is 36.7 Å². The van der Waals surface area contributed by atoms with E-state index in [-0.39, 0.29) is 6.03 Å². The summed E-state index contributed by atoms with van der Waals surface area (Å²) in [6.07, 6.45) is 6.25. The molecule has 22 heavy (non-hydrogen) atoms. The molecule has 1 fully saturated rings. The molecule has 1 aromatic heterocycles. The second-order valence-electron chi connectivity index (χ2n) is 6.01. The minimum Gasteiger partial charge on any atom is -0.334 e. The SMILES string of the molecule is Cc1ccc(NC(=O)NCc2cncc(C3CC3)c2)cc1C. The Hall–Kier alpha value is -2.36. The lowest BCUT2D eigenvalue weighted by atomic mass is 10.1. The van der Waals surface area contributed by atoms with Crippen molar-refractivity contribution >= 4 is 11.7 Å². The van der Waals surface area contributed by atoms with E-state index in [1.807, 2.05) is 37.5 Å². The Morgan fingerprint density at radius 3 is 2.73 bits per heavy atom. The van der Waals surface area contributed by atoms with Crippen molar-refractivity contribution in [3.63, 3.8) is 0 Å². The number of benzene rings is 1. The molecule has 1 saturated carbocycles. The van der Waals surface area contributed by atoms with Crippen molar-refractivity contribution in [3.8, 4) is 0 Å². The Kier molecular flexibility index (Phi) is 4.09. The fraction of sp³-hybridized carbons (Fsp3) is 0.333. The van der Waals surface area contributed by atoms with Gasteiger partial charge in [0, 0.05) is 24.6 Å². The maximum Gasteiger partial charge on any atom is 0.319 e. The van der Waals surface area contributed by atoms with Gasteiger partial charge in [-0.15, -0.1) is 0 Å². The van der Waals surface area contributed by atoms with Crippen LogP contribution in [0.3, 0.4) is 0 Å². The van der Waals surface area contributed by atoms with E-state index in [9.17, 15) is 4.79 Å². The van der Waals surface area contributed by atoms with Gasteiger partial charge in [-0.05, 0) is 67.0 Å². The van der Waals surface area contributed by atoms with E-state index in [0.29, 0.717) is 12.5 Å². The minimum absolute atomic E-state index is 0.194. The van der Waals surface area contributed by atoms with Crippen LogP contribution in [0.5, 0.6) is 0 Å². The van der Waals surface area contributed by atoms with Gasteiger partial charge in [-0.25, -0.2) is 4.79 Å².